The van der Waals surface area contributed by atoms with Gasteiger partial charge in [0.05, 0.1) is 0 Å². The smallest absolute Gasteiger partial charge is 0.135 e. The van der Waals surface area contributed by atoms with Gasteiger partial charge < -0.3 is 4.42 Å². The number of rotatable bonds is 3. The van der Waals surface area contributed by atoms with Crippen LogP contribution < -0.4 is 0 Å². The second-order valence-electron chi connectivity index (χ2n) is 13.4. The van der Waals surface area contributed by atoms with E-state index in [4.69, 9.17) is 4.42 Å². The third-order valence-corrected chi connectivity index (χ3v) is 10.0. The fraction of sp³-hybridized carbons (Fsp3) is 0.0400. The van der Waals surface area contributed by atoms with Crippen molar-refractivity contribution in [1.29, 1.82) is 0 Å². The molecule has 8 aromatic rings. The maximum atomic E-state index is 6.31. The van der Waals surface area contributed by atoms with Crippen LogP contribution in [0.3, 0.4) is 0 Å². The molecule has 2 aliphatic carbocycles. The van der Waals surface area contributed by atoms with Gasteiger partial charge in [-0.1, -0.05) is 169 Å². The van der Waals surface area contributed by atoms with E-state index in [0.29, 0.717) is 5.92 Å². The van der Waals surface area contributed by atoms with Gasteiger partial charge in [-0.15, -0.1) is 0 Å². The largest absolute Gasteiger partial charge is 0.456 e. The van der Waals surface area contributed by atoms with E-state index >= 15 is 0 Å². The van der Waals surface area contributed by atoms with E-state index in [-0.39, 0.29) is 0 Å². The molecular formula is C50H36O. The summed E-state index contributed by atoms with van der Waals surface area (Å²) < 4.78 is 6.31. The van der Waals surface area contributed by atoms with E-state index in [1.165, 1.54) is 66.1 Å². The fourth-order valence-electron chi connectivity index (χ4n) is 7.47. The van der Waals surface area contributed by atoms with Gasteiger partial charge in [0, 0.05) is 16.9 Å². The van der Waals surface area contributed by atoms with Gasteiger partial charge in [0.1, 0.15) is 11.3 Å². The molecule has 7 aromatic carbocycles. The van der Waals surface area contributed by atoms with E-state index in [2.05, 4.69) is 195 Å². The molecule has 1 heterocycles. The summed E-state index contributed by atoms with van der Waals surface area (Å²) in [6, 6.07) is 54.2. The lowest BCUT2D eigenvalue weighted by Crippen LogP contribution is -1.96. The molecule has 0 saturated carbocycles. The van der Waals surface area contributed by atoms with Crippen LogP contribution in [0.15, 0.2) is 192 Å². The maximum Gasteiger partial charge on any atom is 0.135 e. The molecular weight excluding hydrogens is 617 g/mol. The number of hydrogen-bond donors (Lipinski definition) is 0. The Bertz CT molecular complexity index is 2640. The highest BCUT2D eigenvalue weighted by Gasteiger charge is 2.18. The van der Waals surface area contributed by atoms with E-state index in [0.717, 1.165) is 22.3 Å². The summed E-state index contributed by atoms with van der Waals surface area (Å²) in [5, 5.41) is 6.24. The normalized spacial score (nSPS) is 14.5. The highest BCUT2D eigenvalue weighted by molar-refractivity contribution is 6.13. The van der Waals surface area contributed by atoms with Crippen LogP contribution in [0, 0.1) is 12.8 Å². The van der Waals surface area contributed by atoms with E-state index in [9.17, 15) is 0 Å². The summed E-state index contributed by atoms with van der Waals surface area (Å²) in [7, 11) is 0. The first-order chi connectivity index (χ1) is 25.2. The molecule has 1 atom stereocenters. The topological polar surface area (TPSA) is 13.1 Å². The van der Waals surface area contributed by atoms with Crippen LogP contribution in [0.4, 0.5) is 0 Å². The molecule has 2 aliphatic rings. The number of fused-ring (bicyclic) bond motifs is 6. The van der Waals surface area contributed by atoms with Gasteiger partial charge in [-0.3, -0.25) is 0 Å². The zero-order chi connectivity index (χ0) is 34.1. The highest BCUT2D eigenvalue weighted by atomic mass is 16.3. The summed E-state index contributed by atoms with van der Waals surface area (Å²) in [5.74, 6) is 1.23. The molecule has 242 valence electrons. The molecule has 0 saturated heterocycles. The Kier molecular flexibility index (Phi) is 7.87. The lowest BCUT2D eigenvalue weighted by molar-refractivity contribution is 0.603. The van der Waals surface area contributed by atoms with Crippen molar-refractivity contribution in [2.24, 2.45) is 5.92 Å². The van der Waals surface area contributed by atoms with Gasteiger partial charge in [0.25, 0.3) is 0 Å². The molecule has 0 spiro atoms. The van der Waals surface area contributed by atoms with Crippen LogP contribution in [0.2, 0.25) is 0 Å². The Hall–Kier alpha value is -6.44. The summed E-state index contributed by atoms with van der Waals surface area (Å²) in [6.45, 7) is 2.12. The minimum absolute atomic E-state index is 0.299. The minimum atomic E-state index is 0.299. The predicted molar refractivity (Wildman–Crippen MR) is 217 cm³/mol. The van der Waals surface area contributed by atoms with Crippen molar-refractivity contribution in [3.05, 3.63) is 204 Å². The highest BCUT2D eigenvalue weighted by Crippen LogP contribution is 2.40. The lowest BCUT2D eigenvalue weighted by Gasteiger charge is -2.13. The van der Waals surface area contributed by atoms with Crippen LogP contribution in [0.1, 0.15) is 16.9 Å². The monoisotopic (exact) mass is 652 g/mol. The number of benzene rings is 7. The summed E-state index contributed by atoms with van der Waals surface area (Å²) >= 11 is 0. The van der Waals surface area contributed by atoms with Gasteiger partial charge in [-0.25, -0.2) is 0 Å². The van der Waals surface area contributed by atoms with Crippen molar-refractivity contribution >= 4 is 44.7 Å². The third-order valence-electron chi connectivity index (χ3n) is 10.0. The number of hydrogen-bond acceptors (Lipinski definition) is 1. The summed E-state index contributed by atoms with van der Waals surface area (Å²) in [6.07, 6.45) is 15.3. The number of allylic oxidation sites excluding steroid dienone is 6. The van der Waals surface area contributed by atoms with Gasteiger partial charge in [0.2, 0.25) is 0 Å². The average molecular weight is 653 g/mol. The van der Waals surface area contributed by atoms with E-state index in [1.807, 2.05) is 6.07 Å². The Balaban J connectivity index is 0.000000226. The molecule has 0 amide bonds. The van der Waals surface area contributed by atoms with Gasteiger partial charge in [0.15, 0.2) is 0 Å². The molecule has 10 rings (SSSR count). The standard InChI is InChI=1S/C37H24O.C13H12/c1-2-9-26-23-36-33(18-16-24(26)8-1)34-22-27(17-19-35(34)38-36)25-12-7-13-30(20-25)37-31-14-5-3-10-28(31)21-29-11-4-6-15-32(29)37;1-11-6-5-9-13(10-11)12-7-3-2-4-8-12/h1-24H;2-10H,1H3. The van der Waals surface area contributed by atoms with Crippen LogP contribution in [-0.2, 0) is 0 Å². The van der Waals surface area contributed by atoms with E-state index < -0.39 is 0 Å². The maximum absolute atomic E-state index is 6.31. The van der Waals surface area contributed by atoms with Gasteiger partial charge in [-0.2, -0.15) is 0 Å². The molecule has 51 heavy (non-hydrogen) atoms. The summed E-state index contributed by atoms with van der Waals surface area (Å²) in [4.78, 5) is 0. The van der Waals surface area contributed by atoms with Crippen LogP contribution in [0.5, 0.6) is 0 Å². The first kappa shape index (κ1) is 30.6. The van der Waals surface area contributed by atoms with Crippen molar-refractivity contribution in [2.75, 3.05) is 0 Å². The first-order valence-electron chi connectivity index (χ1n) is 17.6. The molecule has 1 heteroatoms. The third kappa shape index (κ3) is 5.94. The van der Waals surface area contributed by atoms with Crippen molar-refractivity contribution < 1.29 is 4.42 Å². The second kappa shape index (κ2) is 13.1. The number of furan rings is 1. The Labute approximate surface area is 298 Å². The Morgan fingerprint density at radius 2 is 1.14 bits per heavy atom. The van der Waals surface area contributed by atoms with Crippen molar-refractivity contribution in [3.63, 3.8) is 0 Å². The molecule has 1 aromatic heterocycles. The van der Waals surface area contributed by atoms with Crippen LogP contribution in [0.25, 0.3) is 78.0 Å². The molecule has 0 radical (unpaired) electrons. The molecule has 1 unspecified atom stereocenters. The van der Waals surface area contributed by atoms with Crippen LogP contribution >= 0.6 is 0 Å². The Morgan fingerprint density at radius 1 is 0.471 bits per heavy atom. The van der Waals surface area contributed by atoms with Gasteiger partial charge >= 0.3 is 0 Å². The fourth-order valence-corrected chi connectivity index (χ4v) is 7.47. The van der Waals surface area contributed by atoms with Gasteiger partial charge in [-0.05, 0) is 97.8 Å². The van der Waals surface area contributed by atoms with Crippen molar-refractivity contribution in [2.45, 2.75) is 6.92 Å². The van der Waals surface area contributed by atoms with Crippen molar-refractivity contribution in [3.8, 4) is 33.4 Å². The molecule has 0 bridgehead atoms. The Morgan fingerprint density at radius 3 is 1.92 bits per heavy atom. The molecule has 0 fully saturated rings. The quantitative estimate of drug-likeness (QED) is 0.173. The first-order valence-corrected chi connectivity index (χ1v) is 17.6. The average Bonchev–Trinajstić information content (AvgIpc) is 3.42. The van der Waals surface area contributed by atoms with E-state index in [1.54, 1.807) is 0 Å². The lowest BCUT2D eigenvalue weighted by atomic mass is 9.90. The molecule has 1 nitrogen and oxygen atoms in total. The molecule has 0 N–H and O–H groups in total. The zero-order valence-corrected chi connectivity index (χ0v) is 28.5. The minimum Gasteiger partial charge on any atom is -0.456 e. The predicted octanol–water partition coefficient (Wildman–Crippen LogP) is 13.9. The second-order valence-corrected chi connectivity index (χ2v) is 13.4. The van der Waals surface area contributed by atoms with Crippen LogP contribution in [-0.4, -0.2) is 0 Å². The number of aryl methyl sites for hydroxylation is 1. The SMILES string of the molecule is C1=CC2=Cc3oc4ccc(-c5cccc(-c6c7ccccc7cc7ccccc67)c5)cc4c3C=CC2C=C1.Cc1cccc(-c2ccccc2)c1. The zero-order valence-electron chi connectivity index (χ0n) is 28.5. The van der Waals surface area contributed by atoms with Crippen molar-refractivity contribution in [1.82, 2.24) is 0 Å². The summed E-state index contributed by atoms with van der Waals surface area (Å²) in [5.41, 5.74) is 12.1. The molecule has 0 aliphatic heterocycles.